The molecule has 1 aromatic carbocycles. The summed E-state index contributed by atoms with van der Waals surface area (Å²) < 4.78 is 5.70. The number of hydrogen-bond acceptors (Lipinski definition) is 2. The van der Waals surface area contributed by atoms with Gasteiger partial charge in [-0.2, -0.15) is 0 Å². The molecule has 0 aliphatic heterocycles. The van der Waals surface area contributed by atoms with E-state index in [-0.39, 0.29) is 0 Å². The Morgan fingerprint density at radius 2 is 1.90 bits per heavy atom. The lowest BCUT2D eigenvalue weighted by Crippen LogP contribution is -2.02. The van der Waals surface area contributed by atoms with Crippen molar-refractivity contribution in [3.63, 3.8) is 0 Å². The van der Waals surface area contributed by atoms with Crippen molar-refractivity contribution in [3.05, 3.63) is 27.7 Å². The van der Waals surface area contributed by atoms with Crippen LogP contribution in [0.2, 0.25) is 10.0 Å². The van der Waals surface area contributed by atoms with Gasteiger partial charge in [0.1, 0.15) is 11.5 Å². The fourth-order valence-electron chi connectivity index (χ4n) is 2.04. The van der Waals surface area contributed by atoms with Gasteiger partial charge in [-0.05, 0) is 43.4 Å². The summed E-state index contributed by atoms with van der Waals surface area (Å²) in [6.45, 7) is 4.70. The highest BCUT2D eigenvalue weighted by Gasteiger charge is 2.11. The van der Waals surface area contributed by atoms with Gasteiger partial charge in [-0.1, -0.05) is 37.0 Å². The second-order valence-electron chi connectivity index (χ2n) is 4.87. The van der Waals surface area contributed by atoms with Crippen LogP contribution in [0.25, 0.3) is 0 Å². The molecular weight excluding hydrogens is 295 g/mol. The smallest absolute Gasteiger partial charge is 0.141 e. The molecule has 4 heteroatoms. The second-order valence-corrected chi connectivity index (χ2v) is 5.71. The first-order valence-electron chi connectivity index (χ1n) is 7.20. The van der Waals surface area contributed by atoms with Crippen molar-refractivity contribution < 1.29 is 9.53 Å². The molecular formula is C16H22Cl2O2. The molecule has 0 unspecified atom stereocenters. The number of ketones is 1. The minimum absolute atomic E-state index is 0.316. The molecule has 0 amide bonds. The van der Waals surface area contributed by atoms with E-state index in [9.17, 15) is 4.79 Å². The third kappa shape index (κ3) is 5.72. The Morgan fingerprint density at radius 3 is 2.55 bits per heavy atom. The molecule has 2 nitrogen and oxygen atoms in total. The minimum Gasteiger partial charge on any atom is -0.492 e. The topological polar surface area (TPSA) is 26.3 Å². The number of hydrogen-bond donors (Lipinski definition) is 0. The molecule has 0 aliphatic rings. The van der Waals surface area contributed by atoms with Gasteiger partial charge in [0.15, 0.2) is 0 Å². The average molecular weight is 317 g/mol. The Bertz CT molecular complexity index is 444. The average Bonchev–Trinajstić information content (AvgIpc) is 2.38. The van der Waals surface area contributed by atoms with E-state index >= 15 is 0 Å². The van der Waals surface area contributed by atoms with E-state index < -0.39 is 0 Å². The summed E-state index contributed by atoms with van der Waals surface area (Å²) in [6, 6.07) is 3.57. The van der Waals surface area contributed by atoms with E-state index in [0.717, 1.165) is 31.2 Å². The van der Waals surface area contributed by atoms with E-state index in [0.29, 0.717) is 41.0 Å². The maximum absolute atomic E-state index is 11.5. The van der Waals surface area contributed by atoms with Crippen molar-refractivity contribution in [2.75, 3.05) is 6.61 Å². The number of carbonyl (C=O) groups excluding carboxylic acids is 1. The molecule has 0 spiro atoms. The van der Waals surface area contributed by atoms with E-state index in [1.807, 2.05) is 19.9 Å². The molecule has 0 atom stereocenters. The molecule has 0 aliphatic carbocycles. The van der Waals surface area contributed by atoms with Gasteiger partial charge in [0.25, 0.3) is 0 Å². The Morgan fingerprint density at radius 1 is 1.15 bits per heavy atom. The Labute approximate surface area is 131 Å². The minimum atomic E-state index is 0.316. The molecule has 112 valence electrons. The van der Waals surface area contributed by atoms with Gasteiger partial charge in [-0.25, -0.2) is 0 Å². The van der Waals surface area contributed by atoms with Crippen molar-refractivity contribution >= 4 is 29.0 Å². The number of rotatable bonds is 9. The summed E-state index contributed by atoms with van der Waals surface area (Å²) in [5.41, 5.74) is 0.986. The number of benzene rings is 1. The summed E-state index contributed by atoms with van der Waals surface area (Å²) in [7, 11) is 0. The zero-order valence-electron chi connectivity index (χ0n) is 12.2. The summed E-state index contributed by atoms with van der Waals surface area (Å²) >= 11 is 12.2. The number of ether oxygens (including phenoxy) is 1. The number of aryl methyl sites for hydroxylation is 1. The van der Waals surface area contributed by atoms with Crippen molar-refractivity contribution in [1.82, 2.24) is 0 Å². The Balaban J connectivity index is 2.69. The monoisotopic (exact) mass is 316 g/mol. The predicted octanol–water partition coefficient (Wildman–Crippen LogP) is 5.47. The van der Waals surface area contributed by atoms with Crippen molar-refractivity contribution in [3.8, 4) is 5.75 Å². The Kier molecular flexibility index (Phi) is 8.01. The first kappa shape index (κ1) is 17.3. The number of carbonyl (C=O) groups is 1. The summed E-state index contributed by atoms with van der Waals surface area (Å²) in [4.78, 5) is 11.5. The quantitative estimate of drug-likeness (QED) is 0.603. The lowest BCUT2D eigenvalue weighted by atomic mass is 10.0. The maximum atomic E-state index is 11.5. The molecule has 0 saturated carbocycles. The van der Waals surface area contributed by atoms with Crippen molar-refractivity contribution in [2.24, 2.45) is 0 Å². The van der Waals surface area contributed by atoms with E-state index in [2.05, 4.69) is 0 Å². The van der Waals surface area contributed by atoms with Gasteiger partial charge in [0, 0.05) is 17.9 Å². The van der Waals surface area contributed by atoms with Crippen LogP contribution in [0.15, 0.2) is 12.1 Å². The van der Waals surface area contributed by atoms with Crippen LogP contribution in [0.1, 0.15) is 51.5 Å². The van der Waals surface area contributed by atoms with Gasteiger partial charge in [0.2, 0.25) is 0 Å². The molecule has 0 bridgehead atoms. The van der Waals surface area contributed by atoms with Crippen LogP contribution in [0.3, 0.4) is 0 Å². The molecule has 0 N–H and O–H groups in total. The van der Waals surface area contributed by atoms with E-state index in [1.54, 1.807) is 6.07 Å². The fourth-order valence-corrected chi connectivity index (χ4v) is 2.64. The fraction of sp³-hybridized carbons (Fsp3) is 0.562. The van der Waals surface area contributed by atoms with Crippen LogP contribution in [-0.4, -0.2) is 12.4 Å². The van der Waals surface area contributed by atoms with E-state index in [4.69, 9.17) is 27.9 Å². The Hall–Kier alpha value is -0.730. The first-order valence-corrected chi connectivity index (χ1v) is 7.96. The largest absolute Gasteiger partial charge is 0.492 e. The predicted molar refractivity (Wildman–Crippen MR) is 85.1 cm³/mol. The van der Waals surface area contributed by atoms with Crippen LogP contribution >= 0.6 is 23.2 Å². The standard InChI is InChI=1S/C16H22Cl2O2/c1-3-6-14(19)8-5-7-12-10-13(17)11-15(18)16(12)20-9-4-2/h10-11H,3-9H2,1-2H3. The SMILES string of the molecule is CCCOc1c(Cl)cc(Cl)cc1CCCC(=O)CCC. The van der Waals surface area contributed by atoms with Gasteiger partial charge < -0.3 is 4.74 Å². The van der Waals surface area contributed by atoms with Crippen LogP contribution in [-0.2, 0) is 11.2 Å². The van der Waals surface area contributed by atoms with Crippen molar-refractivity contribution in [2.45, 2.75) is 52.4 Å². The van der Waals surface area contributed by atoms with Crippen LogP contribution in [0.5, 0.6) is 5.75 Å². The molecule has 1 rings (SSSR count). The normalized spacial score (nSPS) is 10.6. The highest BCUT2D eigenvalue weighted by Crippen LogP contribution is 2.33. The van der Waals surface area contributed by atoms with E-state index in [1.165, 1.54) is 0 Å². The van der Waals surface area contributed by atoms with Gasteiger partial charge in [0.05, 0.1) is 11.6 Å². The summed E-state index contributed by atoms with van der Waals surface area (Å²) in [5.74, 6) is 1.03. The molecule has 0 radical (unpaired) electrons. The molecule has 0 fully saturated rings. The lowest BCUT2D eigenvalue weighted by molar-refractivity contribution is -0.119. The second kappa shape index (κ2) is 9.25. The van der Waals surface area contributed by atoms with Gasteiger partial charge >= 0.3 is 0 Å². The van der Waals surface area contributed by atoms with Crippen LogP contribution < -0.4 is 4.74 Å². The van der Waals surface area contributed by atoms with Crippen LogP contribution in [0.4, 0.5) is 0 Å². The van der Waals surface area contributed by atoms with Crippen molar-refractivity contribution in [1.29, 1.82) is 0 Å². The van der Waals surface area contributed by atoms with Crippen LogP contribution in [0, 0.1) is 0 Å². The zero-order valence-corrected chi connectivity index (χ0v) is 13.7. The maximum Gasteiger partial charge on any atom is 0.141 e. The first-order chi connectivity index (χ1) is 9.58. The molecule has 0 heterocycles. The summed E-state index contributed by atoms with van der Waals surface area (Å²) in [5, 5.41) is 1.15. The highest BCUT2D eigenvalue weighted by molar-refractivity contribution is 6.35. The molecule has 1 aromatic rings. The van der Waals surface area contributed by atoms with Gasteiger partial charge in [-0.3, -0.25) is 4.79 Å². The third-order valence-electron chi connectivity index (χ3n) is 2.97. The summed E-state index contributed by atoms with van der Waals surface area (Å²) in [6.07, 6.45) is 4.66. The van der Waals surface area contributed by atoms with Gasteiger partial charge in [-0.15, -0.1) is 0 Å². The highest BCUT2D eigenvalue weighted by atomic mass is 35.5. The molecule has 0 aromatic heterocycles. The molecule has 20 heavy (non-hydrogen) atoms. The third-order valence-corrected chi connectivity index (χ3v) is 3.47. The zero-order chi connectivity index (χ0) is 15.0. The molecule has 0 saturated heterocycles. The lowest BCUT2D eigenvalue weighted by Gasteiger charge is -2.13. The number of halogens is 2. The number of Topliss-reactive ketones (excluding diaryl/α,β-unsaturated/α-hetero) is 1.